The lowest BCUT2D eigenvalue weighted by atomic mass is 9.90. The maximum absolute atomic E-state index is 15.3. The standard InChI is InChI=1S/C26H30ClFN4O4/c1-26(2)11-15(25(35)32-26)9-16(12-29)30-24(34)14(8-13-4-5-13)10-19(33)22-21(28)20-18(31-22)7-6-17(27)23(20)36-3/h6-7,13-16,31H,4-5,8-11H2,1-3H3,(H,30,34)(H,32,35). The van der Waals surface area contributed by atoms with Crippen molar-refractivity contribution >= 4 is 40.1 Å². The lowest BCUT2D eigenvalue weighted by Crippen LogP contribution is -2.41. The molecule has 0 radical (unpaired) electrons. The van der Waals surface area contributed by atoms with Crippen LogP contribution in [0.4, 0.5) is 4.39 Å². The van der Waals surface area contributed by atoms with E-state index in [4.69, 9.17) is 16.3 Å². The largest absolute Gasteiger partial charge is 0.494 e. The van der Waals surface area contributed by atoms with Gasteiger partial charge in [0.05, 0.1) is 29.1 Å². The molecule has 10 heteroatoms. The van der Waals surface area contributed by atoms with Crippen LogP contribution in [-0.2, 0) is 9.59 Å². The van der Waals surface area contributed by atoms with Crippen LogP contribution in [0.2, 0.25) is 5.02 Å². The van der Waals surface area contributed by atoms with E-state index < -0.39 is 29.5 Å². The summed E-state index contributed by atoms with van der Waals surface area (Å²) < 4.78 is 20.5. The number of nitriles is 1. The quantitative estimate of drug-likeness (QED) is 0.407. The molecule has 4 rings (SSSR count). The second kappa shape index (κ2) is 10.1. The number of hydrogen-bond donors (Lipinski definition) is 3. The number of aromatic nitrogens is 1. The SMILES string of the molecule is COc1c(Cl)ccc2[nH]c(C(=O)CC(CC3CC3)C(=O)NC(C#N)CC3CC(C)(C)NC3=O)c(F)c12. The number of carbonyl (C=O) groups excluding carboxylic acids is 3. The molecule has 1 aliphatic carbocycles. The number of ether oxygens (including phenoxy) is 1. The molecule has 2 aliphatic rings. The molecule has 3 atom stereocenters. The van der Waals surface area contributed by atoms with Crippen molar-refractivity contribution in [2.45, 2.75) is 64.0 Å². The highest BCUT2D eigenvalue weighted by molar-refractivity contribution is 6.33. The van der Waals surface area contributed by atoms with E-state index in [9.17, 15) is 19.6 Å². The van der Waals surface area contributed by atoms with Crippen molar-refractivity contribution in [1.82, 2.24) is 15.6 Å². The summed E-state index contributed by atoms with van der Waals surface area (Å²) >= 11 is 6.11. The Balaban J connectivity index is 1.49. The first-order chi connectivity index (χ1) is 17.0. The Morgan fingerprint density at radius 3 is 2.64 bits per heavy atom. The van der Waals surface area contributed by atoms with Crippen molar-refractivity contribution in [3.05, 3.63) is 28.7 Å². The number of Topliss-reactive ketones (excluding diaryl/α,β-unsaturated/α-hetero) is 1. The monoisotopic (exact) mass is 516 g/mol. The lowest BCUT2D eigenvalue weighted by Gasteiger charge is -2.20. The first kappa shape index (κ1) is 26.0. The Kier molecular flexibility index (Phi) is 7.28. The van der Waals surface area contributed by atoms with Crippen molar-refractivity contribution in [3.63, 3.8) is 0 Å². The molecule has 2 fully saturated rings. The summed E-state index contributed by atoms with van der Waals surface area (Å²) in [5.41, 5.74) is -0.230. The third-order valence-corrected chi connectivity index (χ3v) is 7.29. The van der Waals surface area contributed by atoms with Crippen molar-refractivity contribution in [1.29, 1.82) is 5.26 Å². The van der Waals surface area contributed by atoms with E-state index >= 15 is 4.39 Å². The fourth-order valence-corrected chi connectivity index (χ4v) is 5.29. The average Bonchev–Trinajstić information content (AvgIpc) is 3.52. The van der Waals surface area contributed by atoms with Gasteiger partial charge in [-0.3, -0.25) is 14.4 Å². The van der Waals surface area contributed by atoms with Gasteiger partial charge in [0.2, 0.25) is 11.8 Å². The molecule has 3 unspecified atom stereocenters. The van der Waals surface area contributed by atoms with Gasteiger partial charge >= 0.3 is 0 Å². The zero-order chi connectivity index (χ0) is 26.2. The van der Waals surface area contributed by atoms with Gasteiger partial charge < -0.3 is 20.4 Å². The molecule has 8 nitrogen and oxygen atoms in total. The number of carbonyl (C=O) groups is 3. The van der Waals surface area contributed by atoms with Gasteiger partial charge in [-0.2, -0.15) is 5.26 Å². The molecule has 192 valence electrons. The summed E-state index contributed by atoms with van der Waals surface area (Å²) in [6.45, 7) is 3.82. The van der Waals surface area contributed by atoms with Crippen molar-refractivity contribution in [2.24, 2.45) is 17.8 Å². The van der Waals surface area contributed by atoms with Crippen LogP contribution in [-0.4, -0.2) is 41.3 Å². The van der Waals surface area contributed by atoms with Gasteiger partial charge in [-0.15, -0.1) is 0 Å². The maximum atomic E-state index is 15.3. The summed E-state index contributed by atoms with van der Waals surface area (Å²) in [7, 11) is 1.37. The lowest BCUT2D eigenvalue weighted by molar-refractivity contribution is -0.127. The zero-order valence-corrected chi connectivity index (χ0v) is 21.3. The predicted octanol–water partition coefficient (Wildman–Crippen LogP) is 4.27. The van der Waals surface area contributed by atoms with E-state index in [2.05, 4.69) is 21.7 Å². The molecule has 2 heterocycles. The normalized spacial score (nSPS) is 20.4. The molecule has 0 bridgehead atoms. The van der Waals surface area contributed by atoms with Gasteiger partial charge in [-0.25, -0.2) is 4.39 Å². The minimum absolute atomic E-state index is 0.0823. The van der Waals surface area contributed by atoms with E-state index in [0.29, 0.717) is 24.3 Å². The smallest absolute Gasteiger partial charge is 0.224 e. The van der Waals surface area contributed by atoms with Crippen LogP contribution >= 0.6 is 11.6 Å². The van der Waals surface area contributed by atoms with Crippen LogP contribution in [0, 0.1) is 34.9 Å². The van der Waals surface area contributed by atoms with E-state index in [1.807, 2.05) is 13.8 Å². The van der Waals surface area contributed by atoms with Gasteiger partial charge in [-0.1, -0.05) is 24.4 Å². The zero-order valence-electron chi connectivity index (χ0n) is 20.5. The highest BCUT2D eigenvalue weighted by Gasteiger charge is 2.39. The van der Waals surface area contributed by atoms with Gasteiger partial charge in [-0.05, 0) is 51.2 Å². The van der Waals surface area contributed by atoms with E-state index in [-0.39, 0.29) is 52.1 Å². The summed E-state index contributed by atoms with van der Waals surface area (Å²) in [6.07, 6.45) is 2.96. The molecular formula is C26H30ClFN4O4. The minimum atomic E-state index is -0.866. The van der Waals surface area contributed by atoms with Crippen molar-refractivity contribution in [3.8, 4) is 11.8 Å². The molecular weight excluding hydrogens is 487 g/mol. The first-order valence-electron chi connectivity index (χ1n) is 12.1. The number of nitrogens with one attached hydrogen (secondary N) is 3. The van der Waals surface area contributed by atoms with Gasteiger partial charge in [0, 0.05) is 23.8 Å². The molecule has 2 aromatic rings. The average molecular weight is 517 g/mol. The fourth-order valence-electron chi connectivity index (χ4n) is 5.05. The molecule has 2 amide bonds. The Morgan fingerprint density at radius 2 is 2.06 bits per heavy atom. The number of rotatable bonds is 10. The van der Waals surface area contributed by atoms with Crippen molar-refractivity contribution < 1.29 is 23.5 Å². The molecule has 1 aromatic carbocycles. The second-order valence-corrected chi connectivity index (χ2v) is 10.9. The van der Waals surface area contributed by atoms with Gasteiger partial charge in [0.15, 0.2) is 11.6 Å². The number of H-pyrrole nitrogens is 1. The summed E-state index contributed by atoms with van der Waals surface area (Å²) in [6, 6.07) is 4.31. The molecule has 1 aromatic heterocycles. The highest BCUT2D eigenvalue weighted by atomic mass is 35.5. The summed E-state index contributed by atoms with van der Waals surface area (Å²) in [5.74, 6) is -2.53. The fraction of sp³-hybridized carbons (Fsp3) is 0.538. The van der Waals surface area contributed by atoms with Crippen LogP contribution in [0.15, 0.2) is 12.1 Å². The summed E-state index contributed by atoms with van der Waals surface area (Å²) in [4.78, 5) is 41.4. The molecule has 0 spiro atoms. The number of methoxy groups -OCH3 is 1. The van der Waals surface area contributed by atoms with Crippen LogP contribution < -0.4 is 15.4 Å². The van der Waals surface area contributed by atoms with E-state index in [1.54, 1.807) is 12.1 Å². The van der Waals surface area contributed by atoms with Crippen molar-refractivity contribution in [2.75, 3.05) is 7.11 Å². The Morgan fingerprint density at radius 1 is 1.33 bits per heavy atom. The number of amides is 2. The number of nitrogens with zero attached hydrogens (tertiary/aromatic N) is 1. The van der Waals surface area contributed by atoms with Crippen LogP contribution in [0.1, 0.15) is 62.9 Å². The molecule has 36 heavy (non-hydrogen) atoms. The predicted molar refractivity (Wildman–Crippen MR) is 132 cm³/mol. The number of fused-ring (bicyclic) bond motifs is 1. The third kappa shape index (κ3) is 5.49. The van der Waals surface area contributed by atoms with Gasteiger partial charge in [0.1, 0.15) is 17.5 Å². The maximum Gasteiger partial charge on any atom is 0.224 e. The number of aromatic amines is 1. The molecule has 1 saturated carbocycles. The molecule has 3 N–H and O–H groups in total. The minimum Gasteiger partial charge on any atom is -0.494 e. The van der Waals surface area contributed by atoms with E-state index in [1.165, 1.54) is 7.11 Å². The number of ketones is 1. The Labute approximate surface area is 213 Å². The Bertz CT molecular complexity index is 1250. The number of halogens is 2. The highest BCUT2D eigenvalue weighted by Crippen LogP contribution is 2.39. The number of benzene rings is 1. The number of hydrogen-bond acceptors (Lipinski definition) is 5. The first-order valence-corrected chi connectivity index (χ1v) is 12.5. The molecule has 1 aliphatic heterocycles. The summed E-state index contributed by atoms with van der Waals surface area (Å²) in [5, 5.41) is 15.6. The topological polar surface area (TPSA) is 124 Å². The third-order valence-electron chi connectivity index (χ3n) is 6.99. The van der Waals surface area contributed by atoms with Crippen LogP contribution in [0.5, 0.6) is 5.75 Å². The van der Waals surface area contributed by atoms with E-state index in [0.717, 1.165) is 12.8 Å². The molecule has 1 saturated heterocycles. The Hall–Kier alpha value is -3.12. The van der Waals surface area contributed by atoms with Crippen LogP contribution in [0.25, 0.3) is 10.9 Å². The van der Waals surface area contributed by atoms with Crippen LogP contribution in [0.3, 0.4) is 0 Å². The second-order valence-electron chi connectivity index (χ2n) is 10.5. The van der Waals surface area contributed by atoms with Gasteiger partial charge in [0.25, 0.3) is 0 Å².